The molecule has 33 heavy (non-hydrogen) atoms. The third-order valence-corrected chi connectivity index (χ3v) is 10.2. The van der Waals surface area contributed by atoms with Gasteiger partial charge >= 0.3 is 17.5 Å². The van der Waals surface area contributed by atoms with Crippen LogP contribution in [0.2, 0.25) is 23.4 Å². The maximum Gasteiger partial charge on any atom is 0.573 e. The molecule has 0 aliphatic heterocycles. The molecule has 1 aromatic carbocycles. The van der Waals surface area contributed by atoms with E-state index in [-0.39, 0.29) is 41.6 Å². The minimum Gasteiger partial charge on any atom is -0.414 e. The van der Waals surface area contributed by atoms with E-state index in [2.05, 4.69) is 43.6 Å². The van der Waals surface area contributed by atoms with Gasteiger partial charge in [0.25, 0.3) is 0 Å². The molecule has 0 unspecified atom stereocenters. The van der Waals surface area contributed by atoms with Crippen molar-refractivity contribution >= 4 is 25.7 Å². The van der Waals surface area contributed by atoms with Crippen molar-refractivity contribution in [3.05, 3.63) is 51.4 Å². The molecule has 0 aliphatic rings. The van der Waals surface area contributed by atoms with E-state index in [1.165, 1.54) is 35.0 Å². The van der Waals surface area contributed by atoms with E-state index in [1.54, 1.807) is 0 Å². The van der Waals surface area contributed by atoms with Crippen LogP contribution in [-0.4, -0.2) is 41.9 Å². The van der Waals surface area contributed by atoms with E-state index < -0.39 is 25.7 Å². The van der Waals surface area contributed by atoms with Gasteiger partial charge in [0.2, 0.25) is 0 Å². The number of hydrogen-bond donors (Lipinski definition) is 0. The van der Waals surface area contributed by atoms with E-state index >= 15 is 0 Å². The first-order valence-electron chi connectivity index (χ1n) is 10.0. The minimum atomic E-state index is -4.77. The molecule has 0 radical (unpaired) electrons. The molecule has 8 nitrogen and oxygen atoms in total. The number of imidazole rings is 1. The molecule has 1 atom stereocenters. The zero-order chi connectivity index (χ0) is 25.0. The summed E-state index contributed by atoms with van der Waals surface area (Å²) < 4.78 is 54.5. The van der Waals surface area contributed by atoms with E-state index in [0.29, 0.717) is 5.56 Å². The van der Waals surface area contributed by atoms with Gasteiger partial charge in [0.05, 0.1) is 25.9 Å². The second-order valence-electron chi connectivity index (χ2n) is 8.97. The number of ether oxygens (including phenoxy) is 2. The zero-order valence-electron chi connectivity index (χ0n) is 19.0. The molecule has 2 rings (SSSR count). The third kappa shape index (κ3) is 8.29. The Hall–Kier alpha value is -2.15. The maximum absolute atomic E-state index is 12.3. The van der Waals surface area contributed by atoms with Crippen LogP contribution < -0.4 is 4.74 Å². The van der Waals surface area contributed by atoms with Crippen molar-refractivity contribution in [3.63, 3.8) is 0 Å². The number of hydrogen-bond acceptors (Lipinski definition) is 6. The molecule has 0 aliphatic carbocycles. The molecule has 0 N–H and O–H groups in total. The summed E-state index contributed by atoms with van der Waals surface area (Å²) in [6, 6.07) is 5.32. The average Bonchev–Trinajstić information content (AvgIpc) is 3.04. The largest absolute Gasteiger partial charge is 0.573 e. The lowest BCUT2D eigenvalue weighted by Gasteiger charge is -2.37. The van der Waals surface area contributed by atoms with Crippen molar-refractivity contribution < 1.29 is 32.0 Å². The summed E-state index contributed by atoms with van der Waals surface area (Å²) in [4.78, 5) is 14.0. The molecule has 0 bridgehead atoms. The highest BCUT2D eigenvalue weighted by Gasteiger charge is 2.38. The second-order valence-corrected chi connectivity index (χ2v) is 14.1. The normalized spacial score (nSPS) is 13.7. The summed E-state index contributed by atoms with van der Waals surface area (Å²) in [5.41, 5.74) is 0.615. The molecule has 0 saturated carbocycles. The van der Waals surface area contributed by atoms with Crippen LogP contribution in [-0.2, 0) is 22.3 Å². The Kier molecular flexibility index (Phi) is 8.55. The highest BCUT2D eigenvalue weighted by molar-refractivity contribution is 6.74. The van der Waals surface area contributed by atoms with Crippen molar-refractivity contribution in [1.29, 1.82) is 0 Å². The molecule has 0 spiro atoms. The topological polar surface area (TPSA) is 88.7 Å². The summed E-state index contributed by atoms with van der Waals surface area (Å²) in [6.45, 7) is 10.9. The predicted molar refractivity (Wildman–Crippen MR) is 119 cm³/mol. The lowest BCUT2D eigenvalue weighted by Crippen LogP contribution is -2.43. The van der Waals surface area contributed by atoms with Crippen LogP contribution in [0.1, 0.15) is 26.3 Å². The molecule has 0 saturated heterocycles. The lowest BCUT2D eigenvalue weighted by atomic mass is 10.2. The number of alkyl halides is 3. The van der Waals surface area contributed by atoms with Crippen molar-refractivity contribution in [3.8, 4) is 5.75 Å². The Morgan fingerprint density at radius 1 is 1.21 bits per heavy atom. The standard InChI is InChI=1S/C20H27ClF3N3O5Si/c1-19(2,3)33(4,5)31-13-16(10-26-11-17(27(28)29)25-18(26)21)30-12-14-6-8-15(9-7-14)32-20(22,23)24/h6-9,11,16H,10,12-13H2,1-5H3/t16-/m0/s1. The molecule has 13 heteroatoms. The van der Waals surface area contributed by atoms with E-state index in [1.807, 2.05) is 0 Å². The minimum absolute atomic E-state index is 0.0443. The molecular formula is C20H27ClF3N3O5Si. The van der Waals surface area contributed by atoms with Crippen molar-refractivity contribution in [1.82, 2.24) is 9.55 Å². The Morgan fingerprint density at radius 2 is 1.82 bits per heavy atom. The number of halogens is 4. The first kappa shape index (κ1) is 27.1. The van der Waals surface area contributed by atoms with E-state index in [9.17, 15) is 23.3 Å². The molecule has 1 aromatic heterocycles. The fourth-order valence-electron chi connectivity index (χ4n) is 2.49. The summed E-state index contributed by atoms with van der Waals surface area (Å²) in [6.07, 6.45) is -4.10. The zero-order valence-corrected chi connectivity index (χ0v) is 20.7. The van der Waals surface area contributed by atoms with E-state index in [0.717, 1.165) is 0 Å². The number of aromatic nitrogens is 2. The monoisotopic (exact) mass is 509 g/mol. The van der Waals surface area contributed by atoms with Crippen LogP contribution in [0.25, 0.3) is 0 Å². The van der Waals surface area contributed by atoms with Gasteiger partial charge in [-0.15, -0.1) is 13.2 Å². The highest BCUT2D eigenvalue weighted by atomic mass is 35.5. The van der Waals surface area contributed by atoms with Crippen molar-refractivity contribution in [2.24, 2.45) is 0 Å². The Bertz CT molecular complexity index is 946. The summed E-state index contributed by atoms with van der Waals surface area (Å²) >= 11 is 6.04. The highest BCUT2D eigenvalue weighted by Crippen LogP contribution is 2.36. The molecule has 184 valence electrons. The maximum atomic E-state index is 12.3. The van der Waals surface area contributed by atoms with Crippen LogP contribution in [0, 0.1) is 10.1 Å². The van der Waals surface area contributed by atoms with Crippen molar-refractivity contribution in [2.45, 2.75) is 64.5 Å². The third-order valence-electron chi connectivity index (χ3n) is 5.38. The first-order valence-corrected chi connectivity index (χ1v) is 13.3. The van der Waals surface area contributed by atoms with Crippen molar-refractivity contribution in [2.75, 3.05) is 6.61 Å². The summed E-state index contributed by atoms with van der Waals surface area (Å²) in [5.74, 6) is -0.717. The van der Waals surface area contributed by atoms with Gasteiger partial charge in [-0.05, 0) is 57.3 Å². The Balaban J connectivity index is 2.12. The Labute approximate surface area is 195 Å². The average molecular weight is 510 g/mol. The molecule has 2 aromatic rings. The number of rotatable bonds is 10. The van der Waals surface area contributed by atoms with Crippen LogP contribution in [0.3, 0.4) is 0 Å². The van der Waals surface area contributed by atoms with Crippen LogP contribution >= 0.6 is 11.6 Å². The van der Waals surface area contributed by atoms with Gasteiger partial charge in [-0.3, -0.25) is 4.57 Å². The molecular weight excluding hydrogens is 483 g/mol. The fourth-order valence-corrected chi connectivity index (χ4v) is 3.73. The quantitative estimate of drug-likeness (QED) is 0.223. The van der Waals surface area contributed by atoms with Gasteiger partial charge in [0.1, 0.15) is 11.9 Å². The summed E-state index contributed by atoms with van der Waals surface area (Å²) in [7, 11) is -2.12. The Morgan fingerprint density at radius 3 is 2.30 bits per heavy atom. The van der Waals surface area contributed by atoms with Crippen LogP contribution in [0.4, 0.5) is 19.0 Å². The number of benzene rings is 1. The lowest BCUT2D eigenvalue weighted by molar-refractivity contribution is -0.389. The van der Waals surface area contributed by atoms with Crippen LogP contribution in [0.5, 0.6) is 5.75 Å². The van der Waals surface area contributed by atoms with Gasteiger partial charge in [-0.25, -0.2) is 0 Å². The smallest absolute Gasteiger partial charge is 0.414 e. The molecule has 1 heterocycles. The second kappa shape index (κ2) is 10.4. The molecule has 0 fully saturated rings. The van der Waals surface area contributed by atoms with Gasteiger partial charge in [0, 0.05) is 0 Å². The number of nitrogens with zero attached hydrogens (tertiary/aromatic N) is 3. The predicted octanol–water partition coefficient (Wildman–Crippen LogP) is 5.95. The first-order chi connectivity index (χ1) is 15.1. The van der Waals surface area contributed by atoms with Gasteiger partial charge < -0.3 is 24.0 Å². The number of nitro groups is 1. The van der Waals surface area contributed by atoms with Gasteiger partial charge in [0.15, 0.2) is 8.32 Å². The SMILES string of the molecule is CC(C)(C)[Si](C)(C)OC[C@H](Cn1cc([N+](=O)[O-])nc1Cl)OCc1ccc(OC(F)(F)F)cc1. The van der Waals surface area contributed by atoms with Gasteiger partial charge in [-0.1, -0.05) is 32.9 Å². The van der Waals surface area contributed by atoms with Gasteiger partial charge in [-0.2, -0.15) is 0 Å². The van der Waals surface area contributed by atoms with Crippen LogP contribution in [0.15, 0.2) is 30.5 Å². The fraction of sp³-hybridized carbons (Fsp3) is 0.550. The van der Waals surface area contributed by atoms with E-state index in [4.69, 9.17) is 20.8 Å². The molecule has 0 amide bonds. The summed E-state index contributed by atoms with van der Waals surface area (Å²) in [5, 5.41) is 10.9.